The van der Waals surface area contributed by atoms with E-state index in [1.165, 1.54) is 0 Å². The summed E-state index contributed by atoms with van der Waals surface area (Å²) >= 11 is 0. The van der Waals surface area contributed by atoms with Crippen molar-refractivity contribution in [3.63, 3.8) is 0 Å². The molecule has 68 heavy (non-hydrogen) atoms. The third kappa shape index (κ3) is 8.48. The van der Waals surface area contributed by atoms with Gasteiger partial charge in [0, 0.05) is 12.5 Å². The quantitative estimate of drug-likeness (QED) is 0.0760. The Morgan fingerprint density at radius 3 is 1.94 bits per heavy atom. The molecule has 8 aliphatic rings. The molecule has 2 saturated heterocycles. The van der Waals surface area contributed by atoms with E-state index in [1.807, 2.05) is 13.8 Å². The second-order valence-electron chi connectivity index (χ2n) is 23.8. The highest BCUT2D eigenvalue weighted by Crippen LogP contribution is 2.78. The molecule has 390 valence electrons. The van der Waals surface area contributed by atoms with Crippen LogP contribution in [0.15, 0.2) is 12.2 Å². The minimum Gasteiger partial charge on any atom is -0.459 e. The number of esters is 1. The molecule has 2 aliphatic heterocycles. The van der Waals surface area contributed by atoms with E-state index in [9.17, 15) is 55.9 Å². The molecule has 8 rings (SSSR count). The largest absolute Gasteiger partial charge is 0.459 e. The van der Waals surface area contributed by atoms with Crippen LogP contribution in [0.1, 0.15) is 126 Å². The lowest BCUT2D eigenvalue weighted by Crippen LogP contribution is -2.67. The average Bonchev–Trinajstić information content (AvgIpc) is 3.56. The Hall–Kier alpha value is -1.39. The van der Waals surface area contributed by atoms with Gasteiger partial charge < -0.3 is 79.5 Å². The van der Waals surface area contributed by atoms with E-state index in [0.717, 1.165) is 37.7 Å². The van der Waals surface area contributed by atoms with Gasteiger partial charge in [0.25, 0.3) is 0 Å². The second-order valence-corrected chi connectivity index (χ2v) is 23.8. The first-order valence-electron chi connectivity index (χ1n) is 25.8. The Morgan fingerprint density at radius 2 is 1.29 bits per heavy atom. The number of fused-ring (bicyclic) bond motifs is 3. The molecule has 8 fully saturated rings. The van der Waals surface area contributed by atoms with Crippen molar-refractivity contribution in [3.05, 3.63) is 12.2 Å². The van der Waals surface area contributed by atoms with E-state index in [2.05, 4.69) is 27.4 Å². The molecule has 0 amide bonds. The van der Waals surface area contributed by atoms with Crippen molar-refractivity contribution >= 4 is 5.97 Å². The smallest absolute Gasteiger partial charge is 0.312 e. The molecule has 26 atom stereocenters. The maximum absolute atomic E-state index is 14.2. The highest BCUT2D eigenvalue weighted by Gasteiger charge is 2.72. The van der Waals surface area contributed by atoms with Gasteiger partial charge in [0.2, 0.25) is 0 Å². The summed E-state index contributed by atoms with van der Waals surface area (Å²) in [4.78, 5) is 14.2. The van der Waals surface area contributed by atoms with Gasteiger partial charge >= 0.3 is 5.97 Å². The zero-order valence-corrected chi connectivity index (χ0v) is 41.3. The standard InChI is InChI=1S/C51H84O17/c1-9-28-16-32(39(59)35(55)25(28)3)66-46(62)47(6)12-13-48(7)30(19-47)10-11-50-18-24(2)51(23-50,15-14-49(48,50)8)68-45-43(63-31-17-29(20-52)26(4)36(56)38(31)58)42(40(60)34(22-54)65-45)67-44-41(61)37(57)27(5)33(21-53)64-44/h25-45,52-61H,2,9-23H2,1,3-8H3/t25-,26-,27+,28+,29+,30-,31+,32-,33-,34-,35-,36+,37+,38+,39+,40+,41-,42+,43-,44+,45+,47-,48+,49+,50+,51-/m1/s1. The second kappa shape index (κ2) is 19.5. The Kier molecular flexibility index (Phi) is 15.2. The zero-order valence-electron chi connectivity index (χ0n) is 41.3. The van der Waals surface area contributed by atoms with Crippen LogP contribution in [0, 0.1) is 57.2 Å². The molecule has 0 aromatic rings. The zero-order chi connectivity index (χ0) is 49.6. The van der Waals surface area contributed by atoms with Gasteiger partial charge in [0.1, 0.15) is 48.8 Å². The van der Waals surface area contributed by atoms with Crippen molar-refractivity contribution < 1.29 is 84.3 Å². The van der Waals surface area contributed by atoms with E-state index >= 15 is 0 Å². The summed E-state index contributed by atoms with van der Waals surface area (Å²) < 4.78 is 38.8. The maximum atomic E-state index is 14.2. The lowest BCUT2D eigenvalue weighted by atomic mass is 9.36. The number of aliphatic hydroxyl groups excluding tert-OH is 10. The van der Waals surface area contributed by atoms with Crippen LogP contribution in [0.2, 0.25) is 0 Å². The van der Waals surface area contributed by atoms with E-state index in [1.54, 1.807) is 13.8 Å². The van der Waals surface area contributed by atoms with Gasteiger partial charge in [-0.1, -0.05) is 54.5 Å². The van der Waals surface area contributed by atoms with E-state index in [-0.39, 0.29) is 53.0 Å². The minimum absolute atomic E-state index is 0.0913. The molecule has 0 unspecified atom stereocenters. The third-order valence-electron chi connectivity index (χ3n) is 20.7. The SMILES string of the molecule is C=C1C[C@]23CC[C@@H]4C[C@](C)(C(=O)O[C@@H]5C[C@H](CC)[C@@H](C)[C@@H](O)[C@H]5O)CC[C@]4(C)[C@]2(C)CC[C@@]1(O[C@@H]1O[C@H](CO)[C@H](O)[C@H](O[C@@H]2O[C@H](CO)[C@H](C)[C@H](O)[C@H]2O)[C@H]1O[C@H]1C[C@@H](CO)[C@@H](C)[C@H](O)[C@H]1O)C3. The number of carbonyl (C=O) groups is 1. The Morgan fingerprint density at radius 1 is 0.676 bits per heavy atom. The Balaban J connectivity index is 1.05. The molecule has 0 aromatic carbocycles. The summed E-state index contributed by atoms with van der Waals surface area (Å²) in [6.07, 6.45) is -11.6. The topological polar surface area (TPSA) is 275 Å². The van der Waals surface area contributed by atoms with E-state index in [4.69, 9.17) is 28.4 Å². The van der Waals surface area contributed by atoms with Gasteiger partial charge in [-0.25, -0.2) is 0 Å². The Labute approximate surface area is 401 Å². The molecule has 2 bridgehead atoms. The van der Waals surface area contributed by atoms with Crippen molar-refractivity contribution in [1.82, 2.24) is 0 Å². The van der Waals surface area contributed by atoms with Gasteiger partial charge in [-0.05, 0) is 129 Å². The summed E-state index contributed by atoms with van der Waals surface area (Å²) in [7, 11) is 0. The van der Waals surface area contributed by atoms with Crippen LogP contribution in [0.25, 0.3) is 0 Å². The molecule has 0 radical (unpaired) electrons. The summed E-state index contributed by atoms with van der Waals surface area (Å²) in [5.41, 5.74) is -1.49. The summed E-state index contributed by atoms with van der Waals surface area (Å²) in [6, 6.07) is 0. The first-order valence-corrected chi connectivity index (χ1v) is 25.8. The fourth-order valence-electron chi connectivity index (χ4n) is 15.2. The van der Waals surface area contributed by atoms with Crippen LogP contribution < -0.4 is 0 Å². The van der Waals surface area contributed by atoms with Gasteiger partial charge in [-0.2, -0.15) is 0 Å². The molecule has 17 heteroatoms. The molecule has 17 nitrogen and oxygen atoms in total. The van der Waals surface area contributed by atoms with E-state index < -0.39 is 134 Å². The van der Waals surface area contributed by atoms with Crippen LogP contribution in [-0.2, 0) is 33.2 Å². The molecule has 1 spiro atoms. The van der Waals surface area contributed by atoms with Crippen LogP contribution in [-0.4, -0.2) is 174 Å². The normalized spacial score (nSPS) is 55.0. The summed E-state index contributed by atoms with van der Waals surface area (Å²) in [5.74, 6) is -1.65. The first-order chi connectivity index (χ1) is 32.0. The minimum atomic E-state index is -1.62. The van der Waals surface area contributed by atoms with E-state index in [0.29, 0.717) is 38.5 Å². The van der Waals surface area contributed by atoms with Gasteiger partial charge in [-0.3, -0.25) is 4.79 Å². The molecule has 0 aromatic heterocycles. The molecular formula is C51H84O17. The molecule has 2 heterocycles. The van der Waals surface area contributed by atoms with Crippen LogP contribution in [0.4, 0.5) is 0 Å². The average molecular weight is 969 g/mol. The fraction of sp³-hybridized carbons (Fsp3) is 0.941. The van der Waals surface area contributed by atoms with Crippen molar-refractivity contribution in [2.24, 2.45) is 57.2 Å². The molecule has 10 N–H and O–H groups in total. The number of rotatable bonds is 12. The predicted molar refractivity (Wildman–Crippen MR) is 243 cm³/mol. The van der Waals surface area contributed by atoms with Crippen LogP contribution in [0.3, 0.4) is 0 Å². The summed E-state index contributed by atoms with van der Waals surface area (Å²) in [6.45, 7) is 17.3. The highest BCUT2D eigenvalue weighted by molar-refractivity contribution is 5.77. The van der Waals surface area contributed by atoms with Crippen molar-refractivity contribution in [2.75, 3.05) is 19.8 Å². The molecule has 6 saturated carbocycles. The third-order valence-corrected chi connectivity index (χ3v) is 20.7. The number of ether oxygens (including phenoxy) is 6. The van der Waals surface area contributed by atoms with Gasteiger partial charge in [0.15, 0.2) is 12.6 Å². The predicted octanol–water partition coefficient (Wildman–Crippen LogP) is 1.85. The van der Waals surface area contributed by atoms with Gasteiger partial charge in [0.05, 0.1) is 54.7 Å². The van der Waals surface area contributed by atoms with Crippen molar-refractivity contribution in [2.45, 2.75) is 223 Å². The maximum Gasteiger partial charge on any atom is 0.312 e. The fourth-order valence-corrected chi connectivity index (χ4v) is 15.2. The first kappa shape index (κ1) is 52.9. The monoisotopic (exact) mass is 969 g/mol. The van der Waals surface area contributed by atoms with Crippen molar-refractivity contribution in [1.29, 1.82) is 0 Å². The van der Waals surface area contributed by atoms with Crippen molar-refractivity contribution in [3.8, 4) is 0 Å². The molecular weight excluding hydrogens is 885 g/mol. The number of carbonyl (C=O) groups excluding carboxylic acids is 1. The molecule has 6 aliphatic carbocycles. The van der Waals surface area contributed by atoms with Crippen LogP contribution in [0.5, 0.6) is 0 Å². The Bertz CT molecular complexity index is 1800. The van der Waals surface area contributed by atoms with Crippen LogP contribution >= 0.6 is 0 Å². The number of hydrogen-bond acceptors (Lipinski definition) is 17. The number of hydrogen-bond donors (Lipinski definition) is 10. The lowest BCUT2D eigenvalue weighted by Gasteiger charge is -2.68. The highest BCUT2D eigenvalue weighted by atomic mass is 16.7. The van der Waals surface area contributed by atoms with Gasteiger partial charge in [-0.15, -0.1) is 0 Å². The summed E-state index contributed by atoms with van der Waals surface area (Å²) in [5, 5.41) is 110. The number of aliphatic hydroxyl groups is 10. The lowest BCUT2D eigenvalue weighted by molar-refractivity contribution is -0.379.